The first-order valence-electron chi connectivity index (χ1n) is 10.2. The Kier molecular flexibility index (Phi) is 4.42. The number of aliphatic hydroxyl groups is 1. The van der Waals surface area contributed by atoms with Gasteiger partial charge in [0.15, 0.2) is 0 Å². The Balaban J connectivity index is 1.50. The lowest BCUT2D eigenvalue weighted by Crippen LogP contribution is -2.63. The van der Waals surface area contributed by atoms with Crippen LogP contribution in [0.4, 0.5) is 0 Å². The fourth-order valence-electron chi connectivity index (χ4n) is 6.54. The van der Waals surface area contributed by atoms with Crippen molar-refractivity contribution in [2.45, 2.75) is 53.4 Å². The van der Waals surface area contributed by atoms with Crippen molar-refractivity contribution in [2.75, 3.05) is 0 Å². The van der Waals surface area contributed by atoms with Gasteiger partial charge in [0.25, 0.3) is 0 Å². The molecule has 4 nitrogen and oxygen atoms in total. The van der Waals surface area contributed by atoms with Gasteiger partial charge in [0.1, 0.15) is 0 Å². The van der Waals surface area contributed by atoms with Crippen molar-refractivity contribution >= 4 is 11.8 Å². The summed E-state index contributed by atoms with van der Waals surface area (Å²) in [6.07, 6.45) is 5.07. The van der Waals surface area contributed by atoms with Crippen LogP contribution >= 0.6 is 11.8 Å². The number of rotatable bonds is 5. The Bertz CT molecular complexity index is 901. The van der Waals surface area contributed by atoms with Crippen molar-refractivity contribution in [1.82, 2.24) is 0 Å². The Morgan fingerprint density at radius 1 is 1.04 bits per heavy atom. The topological polar surface area (TPSA) is 69.0 Å². The summed E-state index contributed by atoms with van der Waals surface area (Å²) in [5, 5.41) is 16.1. The Hall–Kier alpha value is -1.94. The van der Waals surface area contributed by atoms with Gasteiger partial charge in [-0.3, -0.25) is 0 Å². The van der Waals surface area contributed by atoms with E-state index in [1.807, 2.05) is 42.1 Å². The van der Waals surface area contributed by atoms with E-state index in [9.17, 15) is 10.6 Å². The van der Waals surface area contributed by atoms with Crippen molar-refractivity contribution in [1.29, 1.82) is 0 Å². The summed E-state index contributed by atoms with van der Waals surface area (Å²) in [6, 6.07) is 20.3. The van der Waals surface area contributed by atoms with E-state index in [-0.39, 0.29) is 16.7 Å². The molecule has 6 rings (SSSR count). The molecule has 1 N–H and O–H groups in total. The number of hydrogen-bond acceptors (Lipinski definition) is 3. The maximum atomic E-state index is 11.9. The lowest BCUT2D eigenvalue weighted by atomic mass is 9.47. The van der Waals surface area contributed by atoms with Crippen LogP contribution < -0.4 is 0 Å². The molecule has 144 valence electrons. The molecule has 0 amide bonds. The number of benzene rings is 2. The van der Waals surface area contributed by atoms with Gasteiger partial charge in [0.05, 0.1) is 11.6 Å². The molecule has 2 aromatic carbocycles. The minimum atomic E-state index is -0.749. The average molecular weight is 392 g/mol. The zero-order valence-corrected chi connectivity index (χ0v) is 16.6. The number of nitrogens with zero attached hydrogens (tertiary/aromatic N) is 3. The van der Waals surface area contributed by atoms with Crippen LogP contribution in [-0.2, 0) is 0 Å². The molecule has 4 saturated carbocycles. The van der Waals surface area contributed by atoms with E-state index in [1.165, 1.54) is 11.3 Å². The third-order valence-corrected chi connectivity index (χ3v) is 8.48. The van der Waals surface area contributed by atoms with Gasteiger partial charge in [-0.1, -0.05) is 53.6 Å². The first-order valence-corrected chi connectivity index (χ1v) is 11.0. The molecule has 0 radical (unpaired) electrons. The third-order valence-electron chi connectivity index (χ3n) is 7.06. The van der Waals surface area contributed by atoms with Crippen LogP contribution in [0.1, 0.15) is 43.7 Å². The average Bonchev–Trinajstić information content (AvgIpc) is 2.67. The number of thioether (sulfide) groups is 1. The molecule has 4 fully saturated rings. The van der Waals surface area contributed by atoms with E-state index in [1.54, 1.807) is 0 Å². The van der Waals surface area contributed by atoms with Crippen LogP contribution in [0.2, 0.25) is 0 Å². The molecule has 0 aliphatic heterocycles. The Morgan fingerprint density at radius 2 is 1.75 bits per heavy atom. The van der Waals surface area contributed by atoms with E-state index >= 15 is 0 Å². The summed E-state index contributed by atoms with van der Waals surface area (Å²) >= 11 is 1.96. The zero-order valence-electron chi connectivity index (χ0n) is 15.8. The summed E-state index contributed by atoms with van der Waals surface area (Å²) < 4.78 is 0.107. The van der Waals surface area contributed by atoms with Gasteiger partial charge in [-0.05, 0) is 67.2 Å². The molecule has 0 saturated heterocycles. The van der Waals surface area contributed by atoms with Crippen LogP contribution in [0.5, 0.6) is 0 Å². The zero-order chi connectivity index (χ0) is 19.2. The highest BCUT2D eigenvalue weighted by atomic mass is 32.2. The Labute approximate surface area is 170 Å². The van der Waals surface area contributed by atoms with Gasteiger partial charge in [0, 0.05) is 20.5 Å². The van der Waals surface area contributed by atoms with Crippen molar-refractivity contribution in [3.05, 3.63) is 76.7 Å². The molecule has 0 aromatic heterocycles. The van der Waals surface area contributed by atoms with Gasteiger partial charge in [-0.25, -0.2) is 0 Å². The summed E-state index contributed by atoms with van der Waals surface area (Å²) in [4.78, 5) is 4.46. The SMILES string of the molecule is [N-]=[N+]=NC(c1ccccc1)[C@H]1[C@H]2C[C@@H]3C[C@](Sc4ccccc4)(C2)C[C@@]1(O)C3. The van der Waals surface area contributed by atoms with Crippen molar-refractivity contribution < 1.29 is 5.11 Å². The second-order valence-corrected chi connectivity index (χ2v) is 10.5. The lowest BCUT2D eigenvalue weighted by Gasteiger charge is -2.64. The van der Waals surface area contributed by atoms with E-state index in [2.05, 4.69) is 40.4 Å². The maximum Gasteiger partial charge on any atom is 0.0701 e. The van der Waals surface area contributed by atoms with Crippen molar-refractivity contribution in [2.24, 2.45) is 22.9 Å². The minimum Gasteiger partial charge on any atom is -0.390 e. The molecule has 5 heteroatoms. The second-order valence-electron chi connectivity index (χ2n) is 8.94. The lowest BCUT2D eigenvalue weighted by molar-refractivity contribution is -0.169. The fraction of sp³-hybridized carbons (Fsp3) is 0.478. The summed E-state index contributed by atoms with van der Waals surface area (Å²) in [6.45, 7) is 0. The highest BCUT2D eigenvalue weighted by Gasteiger charge is 2.63. The third kappa shape index (κ3) is 3.02. The standard InChI is InChI=1S/C23H25N3OS/c24-26-25-21(17-7-3-1-4-8-17)20-18-11-16-12-22(14-18,15-23(20,27)13-16)28-19-9-5-2-6-10-19/h1-10,16,18,20-21,27H,11-15H2/t16-,18+,20-,21?,22+,23+/m1/s1. The maximum absolute atomic E-state index is 11.9. The van der Waals surface area contributed by atoms with Gasteiger partial charge < -0.3 is 5.11 Å². The highest BCUT2D eigenvalue weighted by Crippen LogP contribution is 2.67. The van der Waals surface area contributed by atoms with Crippen LogP contribution in [0.3, 0.4) is 0 Å². The fourth-order valence-corrected chi connectivity index (χ4v) is 8.27. The van der Waals surface area contributed by atoms with E-state index < -0.39 is 5.60 Å². The van der Waals surface area contributed by atoms with Gasteiger partial charge in [-0.15, -0.1) is 11.8 Å². The molecule has 0 heterocycles. The number of azide groups is 1. The minimum absolute atomic E-state index is 0.00634. The molecule has 4 bridgehead atoms. The predicted molar refractivity (Wildman–Crippen MR) is 112 cm³/mol. The molecule has 4 aliphatic carbocycles. The highest BCUT2D eigenvalue weighted by molar-refractivity contribution is 8.00. The molecule has 28 heavy (non-hydrogen) atoms. The van der Waals surface area contributed by atoms with Gasteiger partial charge >= 0.3 is 0 Å². The smallest absolute Gasteiger partial charge is 0.0701 e. The quantitative estimate of drug-likeness (QED) is 0.378. The van der Waals surface area contributed by atoms with Gasteiger partial charge in [0.2, 0.25) is 0 Å². The molecule has 2 aromatic rings. The molecule has 6 atom stereocenters. The summed E-state index contributed by atoms with van der Waals surface area (Å²) in [5.74, 6) is 0.984. The largest absolute Gasteiger partial charge is 0.390 e. The monoisotopic (exact) mass is 391 g/mol. The van der Waals surface area contributed by atoms with Crippen LogP contribution in [0.15, 0.2) is 70.7 Å². The van der Waals surface area contributed by atoms with Crippen molar-refractivity contribution in [3.63, 3.8) is 0 Å². The molecule has 1 unspecified atom stereocenters. The first kappa shape index (κ1) is 18.1. The molecule has 4 aliphatic rings. The molecule has 0 spiro atoms. The Morgan fingerprint density at radius 3 is 2.43 bits per heavy atom. The number of hydrogen-bond donors (Lipinski definition) is 1. The normalized spacial score (nSPS) is 36.7. The van der Waals surface area contributed by atoms with Gasteiger partial charge in [-0.2, -0.15) is 0 Å². The molecular weight excluding hydrogens is 366 g/mol. The van der Waals surface area contributed by atoms with Crippen LogP contribution in [-0.4, -0.2) is 15.5 Å². The van der Waals surface area contributed by atoms with Crippen molar-refractivity contribution in [3.8, 4) is 0 Å². The first-order chi connectivity index (χ1) is 13.6. The summed E-state index contributed by atoms with van der Waals surface area (Å²) in [7, 11) is 0. The predicted octanol–water partition coefficient (Wildman–Crippen LogP) is 6.14. The molecular formula is C23H25N3OS. The van der Waals surface area contributed by atoms with Crippen LogP contribution in [0, 0.1) is 17.8 Å². The van der Waals surface area contributed by atoms with E-state index in [0.717, 1.165) is 31.2 Å². The van der Waals surface area contributed by atoms with Crippen LogP contribution in [0.25, 0.3) is 10.4 Å². The summed E-state index contributed by atoms with van der Waals surface area (Å²) in [5.41, 5.74) is 9.53. The van der Waals surface area contributed by atoms with E-state index in [4.69, 9.17) is 0 Å². The second kappa shape index (κ2) is 6.84. The van der Waals surface area contributed by atoms with E-state index in [0.29, 0.717) is 11.8 Å².